The van der Waals surface area contributed by atoms with Crippen molar-refractivity contribution in [2.24, 2.45) is 0 Å². The SMILES string of the molecule is COc1ccc(CCCNC(=O)CCC(=O)c2ccccc2F)cc1. The number of amides is 1. The first-order valence-corrected chi connectivity index (χ1v) is 8.27. The summed E-state index contributed by atoms with van der Waals surface area (Å²) in [6.07, 6.45) is 1.72. The van der Waals surface area contributed by atoms with Gasteiger partial charge in [0.1, 0.15) is 11.6 Å². The second-order valence-electron chi connectivity index (χ2n) is 5.70. The number of ether oxygens (including phenoxy) is 1. The van der Waals surface area contributed by atoms with Crippen LogP contribution in [-0.2, 0) is 11.2 Å². The van der Waals surface area contributed by atoms with Crippen LogP contribution in [0.3, 0.4) is 0 Å². The highest BCUT2D eigenvalue weighted by molar-refractivity contribution is 5.98. The first-order chi connectivity index (χ1) is 12.1. The molecule has 0 saturated carbocycles. The number of hydrogen-bond acceptors (Lipinski definition) is 3. The van der Waals surface area contributed by atoms with E-state index in [1.807, 2.05) is 24.3 Å². The molecule has 2 aromatic carbocycles. The number of Topliss-reactive ketones (excluding diaryl/α,β-unsaturated/α-hetero) is 1. The van der Waals surface area contributed by atoms with E-state index in [0.29, 0.717) is 6.54 Å². The van der Waals surface area contributed by atoms with Crippen molar-refractivity contribution >= 4 is 11.7 Å². The maximum atomic E-state index is 13.5. The van der Waals surface area contributed by atoms with E-state index in [1.165, 1.54) is 23.8 Å². The molecule has 0 heterocycles. The van der Waals surface area contributed by atoms with Crippen molar-refractivity contribution in [2.45, 2.75) is 25.7 Å². The molecule has 0 atom stereocenters. The van der Waals surface area contributed by atoms with E-state index in [1.54, 1.807) is 13.2 Å². The average molecular weight is 343 g/mol. The molecule has 0 aliphatic heterocycles. The maximum absolute atomic E-state index is 13.5. The molecule has 25 heavy (non-hydrogen) atoms. The Labute approximate surface area is 147 Å². The third-order valence-electron chi connectivity index (χ3n) is 3.88. The molecule has 4 nitrogen and oxygen atoms in total. The van der Waals surface area contributed by atoms with Crippen LogP contribution in [0.4, 0.5) is 4.39 Å². The number of rotatable bonds is 9. The van der Waals surface area contributed by atoms with Gasteiger partial charge in [-0.15, -0.1) is 0 Å². The Morgan fingerprint density at radius 1 is 1.04 bits per heavy atom. The summed E-state index contributed by atoms with van der Waals surface area (Å²) < 4.78 is 18.6. The minimum absolute atomic E-state index is 0.00520. The van der Waals surface area contributed by atoms with Crippen molar-refractivity contribution in [1.29, 1.82) is 0 Å². The molecular formula is C20H22FNO3. The van der Waals surface area contributed by atoms with E-state index in [2.05, 4.69) is 5.32 Å². The highest BCUT2D eigenvalue weighted by Gasteiger charge is 2.12. The first-order valence-electron chi connectivity index (χ1n) is 8.27. The van der Waals surface area contributed by atoms with Gasteiger partial charge in [0.25, 0.3) is 0 Å². The second-order valence-corrected chi connectivity index (χ2v) is 5.70. The highest BCUT2D eigenvalue weighted by atomic mass is 19.1. The number of benzene rings is 2. The summed E-state index contributed by atoms with van der Waals surface area (Å²) in [4.78, 5) is 23.7. The molecule has 2 aromatic rings. The smallest absolute Gasteiger partial charge is 0.220 e. The van der Waals surface area contributed by atoms with Crippen molar-refractivity contribution in [3.05, 3.63) is 65.5 Å². The minimum Gasteiger partial charge on any atom is -0.497 e. The molecule has 1 N–H and O–H groups in total. The Kier molecular flexibility index (Phi) is 7.14. The molecule has 0 aromatic heterocycles. The van der Waals surface area contributed by atoms with E-state index >= 15 is 0 Å². The second kappa shape index (κ2) is 9.57. The lowest BCUT2D eigenvalue weighted by atomic mass is 10.1. The zero-order chi connectivity index (χ0) is 18.1. The van der Waals surface area contributed by atoms with Gasteiger partial charge in [0.15, 0.2) is 5.78 Å². The van der Waals surface area contributed by atoms with Crippen LogP contribution in [0.5, 0.6) is 5.75 Å². The summed E-state index contributed by atoms with van der Waals surface area (Å²) in [6, 6.07) is 13.6. The molecule has 2 rings (SSSR count). The maximum Gasteiger partial charge on any atom is 0.220 e. The quantitative estimate of drug-likeness (QED) is 0.560. The van der Waals surface area contributed by atoms with E-state index in [4.69, 9.17) is 4.74 Å². The van der Waals surface area contributed by atoms with Gasteiger partial charge in [-0.05, 0) is 42.7 Å². The van der Waals surface area contributed by atoms with Crippen LogP contribution >= 0.6 is 0 Å². The first kappa shape index (κ1) is 18.6. The van der Waals surface area contributed by atoms with E-state index < -0.39 is 5.82 Å². The number of hydrogen-bond donors (Lipinski definition) is 1. The van der Waals surface area contributed by atoms with Gasteiger partial charge in [-0.2, -0.15) is 0 Å². The third kappa shape index (κ3) is 6.03. The summed E-state index contributed by atoms with van der Waals surface area (Å²) in [5.74, 6) is -0.283. The standard InChI is InChI=1S/C20H22FNO3/c1-25-16-10-8-15(9-11-16)5-4-14-22-20(24)13-12-19(23)17-6-2-3-7-18(17)21/h2-3,6-11H,4-5,12-14H2,1H3,(H,22,24). The Morgan fingerprint density at radius 2 is 1.76 bits per heavy atom. The number of ketones is 1. The van der Waals surface area contributed by atoms with Crippen molar-refractivity contribution in [3.8, 4) is 5.75 Å². The monoisotopic (exact) mass is 343 g/mol. The van der Waals surface area contributed by atoms with Crippen molar-refractivity contribution in [3.63, 3.8) is 0 Å². The number of methoxy groups -OCH3 is 1. The molecule has 0 bridgehead atoms. The Balaban J connectivity index is 1.65. The van der Waals surface area contributed by atoms with Crippen LogP contribution < -0.4 is 10.1 Å². The zero-order valence-electron chi connectivity index (χ0n) is 14.3. The number of carbonyl (C=O) groups is 2. The van der Waals surface area contributed by atoms with E-state index in [9.17, 15) is 14.0 Å². The van der Waals surface area contributed by atoms with Gasteiger partial charge in [0.05, 0.1) is 12.7 Å². The van der Waals surface area contributed by atoms with Gasteiger partial charge in [0.2, 0.25) is 5.91 Å². The van der Waals surface area contributed by atoms with Crippen molar-refractivity contribution in [1.82, 2.24) is 5.32 Å². The summed E-state index contributed by atoms with van der Waals surface area (Å²) in [6.45, 7) is 0.540. The molecule has 0 unspecified atom stereocenters. The summed E-state index contributed by atoms with van der Waals surface area (Å²) in [5.41, 5.74) is 1.21. The molecule has 132 valence electrons. The van der Waals surface area contributed by atoms with E-state index in [-0.39, 0.29) is 30.1 Å². The molecule has 1 amide bonds. The Morgan fingerprint density at radius 3 is 2.44 bits per heavy atom. The van der Waals surface area contributed by atoms with Crippen LogP contribution in [0.1, 0.15) is 35.2 Å². The molecule has 0 aliphatic carbocycles. The fourth-order valence-electron chi connectivity index (χ4n) is 2.45. The zero-order valence-corrected chi connectivity index (χ0v) is 14.3. The van der Waals surface area contributed by atoms with Gasteiger partial charge in [-0.1, -0.05) is 24.3 Å². The lowest BCUT2D eigenvalue weighted by molar-refractivity contribution is -0.121. The minimum atomic E-state index is -0.549. The molecule has 0 fully saturated rings. The van der Waals surface area contributed by atoms with Gasteiger partial charge in [0, 0.05) is 19.4 Å². The molecule has 0 spiro atoms. The van der Waals surface area contributed by atoms with Gasteiger partial charge in [-0.25, -0.2) is 4.39 Å². The number of halogens is 1. The predicted octanol–water partition coefficient (Wildman–Crippen LogP) is 3.55. The van der Waals surface area contributed by atoms with Crippen LogP contribution in [0.2, 0.25) is 0 Å². The lowest BCUT2D eigenvalue weighted by Crippen LogP contribution is -2.25. The lowest BCUT2D eigenvalue weighted by Gasteiger charge is -2.06. The number of carbonyl (C=O) groups excluding carboxylic acids is 2. The van der Waals surface area contributed by atoms with Crippen LogP contribution in [0.15, 0.2) is 48.5 Å². The van der Waals surface area contributed by atoms with E-state index in [0.717, 1.165) is 18.6 Å². The van der Waals surface area contributed by atoms with Gasteiger partial charge in [-0.3, -0.25) is 9.59 Å². The Hall–Kier alpha value is -2.69. The topological polar surface area (TPSA) is 55.4 Å². The molecule has 0 saturated heterocycles. The largest absolute Gasteiger partial charge is 0.497 e. The molecule has 0 aliphatic rings. The van der Waals surface area contributed by atoms with Gasteiger partial charge < -0.3 is 10.1 Å². The van der Waals surface area contributed by atoms with Gasteiger partial charge >= 0.3 is 0 Å². The van der Waals surface area contributed by atoms with Crippen molar-refractivity contribution in [2.75, 3.05) is 13.7 Å². The summed E-state index contributed by atoms with van der Waals surface area (Å²) in [7, 11) is 1.63. The third-order valence-corrected chi connectivity index (χ3v) is 3.88. The van der Waals surface area contributed by atoms with Crippen LogP contribution in [0, 0.1) is 5.82 Å². The summed E-state index contributed by atoms with van der Waals surface area (Å²) >= 11 is 0. The van der Waals surface area contributed by atoms with Crippen LogP contribution in [-0.4, -0.2) is 25.3 Å². The van der Waals surface area contributed by atoms with Crippen LogP contribution in [0.25, 0.3) is 0 Å². The average Bonchev–Trinajstić information content (AvgIpc) is 2.64. The highest BCUT2D eigenvalue weighted by Crippen LogP contribution is 2.12. The fourth-order valence-corrected chi connectivity index (χ4v) is 2.45. The van der Waals surface area contributed by atoms with Crippen molar-refractivity contribution < 1.29 is 18.7 Å². The fraction of sp³-hybridized carbons (Fsp3) is 0.300. The normalized spacial score (nSPS) is 10.3. The Bertz CT molecular complexity index is 713. The number of aryl methyl sites for hydroxylation is 1. The summed E-state index contributed by atoms with van der Waals surface area (Å²) in [5, 5.41) is 2.79. The number of nitrogens with one attached hydrogen (secondary N) is 1. The molecule has 5 heteroatoms. The predicted molar refractivity (Wildman–Crippen MR) is 94.3 cm³/mol. The molecular weight excluding hydrogens is 321 g/mol. The molecule has 0 radical (unpaired) electrons.